The Kier molecular flexibility index (Phi) is 18.5. The summed E-state index contributed by atoms with van der Waals surface area (Å²) in [6.45, 7) is 5.08. The van der Waals surface area contributed by atoms with Crippen LogP contribution in [0.1, 0.15) is 42.6 Å². The van der Waals surface area contributed by atoms with Gasteiger partial charge in [0, 0.05) is 89.1 Å². The highest BCUT2D eigenvalue weighted by molar-refractivity contribution is 6.30. The number of halogens is 1. The lowest BCUT2D eigenvalue weighted by Gasteiger charge is -2.36. The molecule has 0 bridgehead atoms. The molecule has 1 aliphatic heterocycles. The molecule has 1 saturated heterocycles. The Hall–Kier alpha value is -4.61. The molecule has 17 heteroatoms. The van der Waals surface area contributed by atoms with Gasteiger partial charge in [-0.1, -0.05) is 23.7 Å². The molecule has 1 aliphatic rings. The fourth-order valence-electron chi connectivity index (χ4n) is 6.09. The molecule has 1 unspecified atom stereocenters. The van der Waals surface area contributed by atoms with Gasteiger partial charge in [0.2, 0.25) is 0 Å². The minimum absolute atomic E-state index is 0.0705. The summed E-state index contributed by atoms with van der Waals surface area (Å²) in [4.78, 5) is 78.9. The average molecular weight is 787 g/mol. The van der Waals surface area contributed by atoms with Crippen molar-refractivity contribution < 1.29 is 48.8 Å². The summed E-state index contributed by atoms with van der Waals surface area (Å²) in [7, 11) is 0. The molecule has 0 aromatic heterocycles. The van der Waals surface area contributed by atoms with Crippen LogP contribution in [0.15, 0.2) is 48.5 Å². The van der Waals surface area contributed by atoms with Crippen molar-refractivity contribution in [3.05, 3.63) is 64.7 Å². The molecule has 2 amide bonds. The van der Waals surface area contributed by atoms with Crippen molar-refractivity contribution in [3.63, 3.8) is 0 Å². The van der Waals surface area contributed by atoms with E-state index in [2.05, 4.69) is 10.6 Å². The van der Waals surface area contributed by atoms with Gasteiger partial charge in [-0.05, 0) is 75.1 Å². The minimum Gasteiger partial charge on any atom is -0.549 e. The van der Waals surface area contributed by atoms with E-state index in [0.717, 1.165) is 11.8 Å². The first-order valence-electron chi connectivity index (χ1n) is 18.2. The molecule has 0 spiro atoms. The van der Waals surface area contributed by atoms with Gasteiger partial charge >= 0.3 is 5.97 Å². The molecule has 0 saturated carbocycles. The molecule has 3 rings (SSSR count). The van der Waals surface area contributed by atoms with Crippen LogP contribution in [0.5, 0.6) is 5.75 Å². The average Bonchev–Trinajstić information content (AvgIpc) is 3.12. The molecule has 0 radical (unpaired) electrons. The first-order valence-corrected chi connectivity index (χ1v) is 18.6. The molecule has 55 heavy (non-hydrogen) atoms. The summed E-state index contributed by atoms with van der Waals surface area (Å²) in [6, 6.07) is 12.8. The summed E-state index contributed by atoms with van der Waals surface area (Å²) in [5.41, 5.74) is 0.221. The summed E-state index contributed by atoms with van der Waals surface area (Å²) >= 11 is 5.88. The fourth-order valence-corrected chi connectivity index (χ4v) is 6.22. The second-order valence-electron chi connectivity index (χ2n) is 13.8. The van der Waals surface area contributed by atoms with Crippen LogP contribution >= 0.6 is 11.6 Å². The van der Waals surface area contributed by atoms with Crippen LogP contribution in [0, 0.1) is 0 Å². The Morgan fingerprint density at radius 3 is 1.91 bits per heavy atom. The molecular formula is C38H51ClN6O10-2. The molecule has 1 atom stereocenters. The van der Waals surface area contributed by atoms with Crippen LogP contribution in [0.2, 0.25) is 5.02 Å². The van der Waals surface area contributed by atoms with Gasteiger partial charge in [0.15, 0.2) is 5.60 Å². The topological polar surface area (TPSA) is 215 Å². The molecule has 16 nitrogen and oxygen atoms in total. The van der Waals surface area contributed by atoms with Gasteiger partial charge in [0.25, 0.3) is 11.8 Å². The molecule has 2 aromatic carbocycles. The first-order chi connectivity index (χ1) is 26.2. The normalized spacial score (nSPS) is 16.2. The number of carbonyl (C=O) groups is 6. The maximum absolute atomic E-state index is 13.1. The number of carboxylic acid groups (broad SMARTS) is 3. The van der Waals surface area contributed by atoms with Gasteiger partial charge in [-0.2, -0.15) is 0 Å². The third kappa shape index (κ3) is 16.3. The van der Waals surface area contributed by atoms with Crippen LogP contribution in [0.3, 0.4) is 0 Å². The zero-order chi connectivity index (χ0) is 40.4. The lowest BCUT2D eigenvalue weighted by molar-refractivity contribution is -0.308. The third-order valence-corrected chi connectivity index (χ3v) is 9.48. The summed E-state index contributed by atoms with van der Waals surface area (Å²) < 4.78 is 5.99. The first kappa shape index (κ1) is 44.8. The maximum Gasteiger partial charge on any atom is 0.320 e. The minimum atomic E-state index is -1.31. The van der Waals surface area contributed by atoms with E-state index in [1.54, 1.807) is 69.8 Å². The number of aliphatic carboxylic acids is 3. The van der Waals surface area contributed by atoms with Gasteiger partial charge in [-0.3, -0.25) is 34.0 Å². The smallest absolute Gasteiger partial charge is 0.320 e. The molecule has 3 N–H and O–H groups in total. The maximum atomic E-state index is 13.1. The van der Waals surface area contributed by atoms with E-state index in [0.29, 0.717) is 48.8 Å². The number of aldehydes is 1. The quantitative estimate of drug-likeness (QED) is 0.112. The molecule has 0 aliphatic carbocycles. The van der Waals surface area contributed by atoms with E-state index in [1.807, 2.05) is 12.1 Å². The van der Waals surface area contributed by atoms with Crippen molar-refractivity contribution >= 4 is 47.6 Å². The van der Waals surface area contributed by atoms with Crippen LogP contribution in [-0.2, 0) is 30.4 Å². The second-order valence-corrected chi connectivity index (χ2v) is 14.3. The lowest BCUT2D eigenvalue weighted by atomic mass is 10.1. The summed E-state index contributed by atoms with van der Waals surface area (Å²) in [5, 5.41) is 39.3. The van der Waals surface area contributed by atoms with E-state index < -0.39 is 42.0 Å². The van der Waals surface area contributed by atoms with Gasteiger partial charge in [-0.15, -0.1) is 0 Å². The van der Waals surface area contributed by atoms with Crippen molar-refractivity contribution in [1.82, 2.24) is 30.2 Å². The lowest BCUT2D eigenvalue weighted by Crippen LogP contribution is -2.52. The summed E-state index contributed by atoms with van der Waals surface area (Å²) in [6.07, 6.45) is 1.80. The predicted octanol–water partition coefficient (Wildman–Crippen LogP) is -1.26. The van der Waals surface area contributed by atoms with Crippen LogP contribution in [0.4, 0.5) is 0 Å². The Balaban J connectivity index is 1.53. The number of rotatable bonds is 19. The number of carbonyl (C=O) groups excluding carboxylic acids is 5. The molecule has 1 heterocycles. The highest BCUT2D eigenvalue weighted by Gasteiger charge is 2.31. The summed E-state index contributed by atoms with van der Waals surface area (Å²) in [5.74, 6) is -3.80. The van der Waals surface area contributed by atoms with E-state index in [1.165, 1.54) is 0 Å². The van der Waals surface area contributed by atoms with E-state index in [-0.39, 0.29) is 71.2 Å². The van der Waals surface area contributed by atoms with Crippen LogP contribution < -0.4 is 25.6 Å². The Morgan fingerprint density at radius 2 is 1.36 bits per heavy atom. The van der Waals surface area contributed by atoms with E-state index >= 15 is 0 Å². The van der Waals surface area contributed by atoms with E-state index in [4.69, 9.17) is 16.3 Å². The number of benzene rings is 2. The number of nitrogens with one attached hydrogen (secondary N) is 2. The van der Waals surface area contributed by atoms with Crippen molar-refractivity contribution in [3.8, 4) is 5.75 Å². The van der Waals surface area contributed by atoms with Gasteiger partial charge < -0.3 is 45.1 Å². The highest BCUT2D eigenvalue weighted by Crippen LogP contribution is 2.20. The van der Waals surface area contributed by atoms with Crippen LogP contribution in [-0.4, -0.2) is 157 Å². The molecule has 1 fully saturated rings. The Bertz CT molecular complexity index is 1580. The molecule has 302 valence electrons. The molecule has 2 aromatic rings. The zero-order valence-corrected chi connectivity index (χ0v) is 32.1. The van der Waals surface area contributed by atoms with Crippen molar-refractivity contribution in [2.45, 2.75) is 44.8 Å². The monoisotopic (exact) mass is 786 g/mol. The number of amides is 2. The SMILES string of the molecule is CC(C)(Oc1ccc(CCNC(=O)c2ccc(Cl)cc2)cc1)C(=O)NCCCC(C(=O)O)N1CCN(CC=O)CCN(CC(=O)[O-])CCN(CC(=O)[O-])CC1. The van der Waals surface area contributed by atoms with E-state index in [9.17, 15) is 44.1 Å². The van der Waals surface area contributed by atoms with Gasteiger partial charge in [-0.25, -0.2) is 0 Å². The van der Waals surface area contributed by atoms with Crippen molar-refractivity contribution in [2.75, 3.05) is 85.1 Å². The number of hydrogen-bond acceptors (Lipinski definition) is 13. The second kappa shape index (κ2) is 22.7. The fraction of sp³-hybridized carbons (Fsp3) is 0.526. The van der Waals surface area contributed by atoms with Crippen molar-refractivity contribution in [2.24, 2.45) is 0 Å². The number of carboxylic acids is 3. The molecular weight excluding hydrogens is 736 g/mol. The van der Waals surface area contributed by atoms with Crippen LogP contribution in [0.25, 0.3) is 0 Å². The highest BCUT2D eigenvalue weighted by atomic mass is 35.5. The number of hydrogen-bond donors (Lipinski definition) is 3. The third-order valence-electron chi connectivity index (χ3n) is 9.22. The van der Waals surface area contributed by atoms with Gasteiger partial charge in [0.1, 0.15) is 18.1 Å². The van der Waals surface area contributed by atoms with Crippen molar-refractivity contribution in [1.29, 1.82) is 0 Å². The zero-order valence-electron chi connectivity index (χ0n) is 31.4. The van der Waals surface area contributed by atoms with Gasteiger partial charge in [0.05, 0.1) is 18.5 Å². The standard InChI is InChI=1S/C38H53ClN6O10/c1-38(2,55-31-11-5-28(6-12-31)13-15-40-35(51)29-7-9-30(39)10-8-29)37(54)41-14-3-4-32(36(52)53)45-22-20-42(24-25-46)16-17-43(26-33(47)48)18-19-44(21-23-45)27-34(49)50/h5-12,25,32H,3-4,13-24,26-27H2,1-2H3,(H,40,51)(H,41,54)(H,47,48)(H,49,50)(H,52,53)/p-2. The number of nitrogens with zero attached hydrogens (tertiary/aromatic N) is 4. The Morgan fingerprint density at radius 1 is 0.818 bits per heavy atom. The predicted molar refractivity (Wildman–Crippen MR) is 199 cm³/mol. The Labute approximate surface area is 326 Å². The number of ether oxygens (including phenoxy) is 1. The largest absolute Gasteiger partial charge is 0.549 e.